The summed E-state index contributed by atoms with van der Waals surface area (Å²) < 4.78 is 13.3. The average molecular weight is 482 g/mol. The summed E-state index contributed by atoms with van der Waals surface area (Å²) in [5, 5.41) is 5.78. The summed E-state index contributed by atoms with van der Waals surface area (Å²) in [4.78, 5) is 33.5. The van der Waals surface area contributed by atoms with Gasteiger partial charge in [0.25, 0.3) is 0 Å². The van der Waals surface area contributed by atoms with E-state index in [9.17, 15) is 14.0 Å². The van der Waals surface area contributed by atoms with Crippen LogP contribution in [0.2, 0.25) is 5.02 Å². The van der Waals surface area contributed by atoms with E-state index < -0.39 is 11.8 Å². The van der Waals surface area contributed by atoms with Crippen molar-refractivity contribution in [2.45, 2.75) is 6.04 Å². The first kappa shape index (κ1) is 23.7. The van der Waals surface area contributed by atoms with Crippen LogP contribution in [0.1, 0.15) is 11.6 Å². The fourth-order valence-electron chi connectivity index (χ4n) is 4.00. The molecule has 1 aliphatic heterocycles. The largest absolute Gasteiger partial charge is 0.369 e. The third kappa shape index (κ3) is 6.09. The summed E-state index contributed by atoms with van der Waals surface area (Å²) in [5.41, 5.74) is 2.38. The molecule has 0 spiro atoms. The van der Waals surface area contributed by atoms with Crippen LogP contribution < -0.4 is 15.5 Å². The van der Waals surface area contributed by atoms with Gasteiger partial charge in [0.2, 0.25) is 0 Å². The number of amides is 2. The second-order valence-electron chi connectivity index (χ2n) is 7.98. The number of carbonyl (C=O) groups excluding carboxylic acids is 2. The Morgan fingerprint density at radius 1 is 1.00 bits per heavy atom. The monoisotopic (exact) mass is 481 g/mol. The molecule has 1 unspecified atom stereocenters. The van der Waals surface area contributed by atoms with Crippen LogP contribution in [0.25, 0.3) is 0 Å². The molecule has 1 fully saturated rings. The van der Waals surface area contributed by atoms with Gasteiger partial charge in [0.15, 0.2) is 0 Å². The molecule has 0 aliphatic carbocycles. The number of pyridine rings is 1. The number of nitrogens with zero attached hydrogens (tertiary/aromatic N) is 3. The molecule has 3 aromatic rings. The second-order valence-corrected chi connectivity index (χ2v) is 8.41. The fourth-order valence-corrected chi connectivity index (χ4v) is 4.19. The maximum atomic E-state index is 13.3. The minimum atomic E-state index is -0.756. The average Bonchev–Trinajstić information content (AvgIpc) is 2.85. The van der Waals surface area contributed by atoms with Crippen molar-refractivity contribution < 1.29 is 14.0 Å². The van der Waals surface area contributed by atoms with E-state index in [0.717, 1.165) is 37.4 Å². The molecule has 2 heterocycles. The lowest BCUT2D eigenvalue weighted by atomic mass is 10.1. The van der Waals surface area contributed by atoms with Gasteiger partial charge in [-0.15, -0.1) is 0 Å². The lowest BCUT2D eigenvalue weighted by Gasteiger charge is -2.40. The number of benzene rings is 2. The Hall–Kier alpha value is -3.49. The first-order chi connectivity index (χ1) is 16.5. The molecule has 7 nitrogen and oxygen atoms in total. The van der Waals surface area contributed by atoms with Crippen molar-refractivity contribution in [3.05, 3.63) is 89.5 Å². The molecular weight excluding hydrogens is 457 g/mol. The summed E-state index contributed by atoms with van der Waals surface area (Å²) in [6.45, 7) is 3.24. The van der Waals surface area contributed by atoms with Gasteiger partial charge in [-0.3, -0.25) is 19.5 Å². The number of carbonyl (C=O) groups is 2. The number of anilines is 2. The van der Waals surface area contributed by atoms with E-state index in [-0.39, 0.29) is 18.4 Å². The van der Waals surface area contributed by atoms with Crippen molar-refractivity contribution in [1.82, 2.24) is 15.2 Å². The van der Waals surface area contributed by atoms with Crippen LogP contribution in [0.3, 0.4) is 0 Å². The molecule has 0 radical (unpaired) electrons. The van der Waals surface area contributed by atoms with E-state index in [2.05, 4.69) is 25.4 Å². The van der Waals surface area contributed by atoms with Crippen LogP contribution in [-0.4, -0.2) is 54.4 Å². The number of aromatic nitrogens is 1. The molecule has 2 N–H and O–H groups in total. The first-order valence-corrected chi connectivity index (χ1v) is 11.4. The number of nitrogens with one attached hydrogen (secondary N) is 2. The Bertz CT molecular complexity index is 1120. The Morgan fingerprint density at radius 3 is 2.44 bits per heavy atom. The van der Waals surface area contributed by atoms with Crippen LogP contribution in [0.5, 0.6) is 0 Å². The van der Waals surface area contributed by atoms with E-state index in [4.69, 9.17) is 11.6 Å². The zero-order valence-electron chi connectivity index (χ0n) is 18.5. The van der Waals surface area contributed by atoms with Crippen molar-refractivity contribution in [1.29, 1.82) is 0 Å². The minimum absolute atomic E-state index is 0.146. The molecule has 34 heavy (non-hydrogen) atoms. The zero-order valence-corrected chi connectivity index (χ0v) is 19.2. The van der Waals surface area contributed by atoms with Crippen LogP contribution in [0.4, 0.5) is 15.8 Å². The van der Waals surface area contributed by atoms with Gasteiger partial charge in [-0.25, -0.2) is 4.39 Å². The normalized spacial score (nSPS) is 14.9. The predicted molar refractivity (Wildman–Crippen MR) is 130 cm³/mol. The number of hydrogen-bond donors (Lipinski definition) is 2. The molecule has 0 saturated carbocycles. The third-order valence-corrected chi connectivity index (χ3v) is 6.00. The van der Waals surface area contributed by atoms with Crippen molar-refractivity contribution in [2.24, 2.45) is 0 Å². The molecule has 9 heteroatoms. The molecule has 1 aliphatic rings. The van der Waals surface area contributed by atoms with Crippen LogP contribution in [0, 0.1) is 5.82 Å². The molecule has 1 saturated heterocycles. The van der Waals surface area contributed by atoms with Crippen molar-refractivity contribution >= 4 is 34.8 Å². The van der Waals surface area contributed by atoms with Crippen molar-refractivity contribution in [2.75, 3.05) is 42.9 Å². The Kier molecular flexibility index (Phi) is 7.72. The molecule has 1 aromatic heterocycles. The first-order valence-electron chi connectivity index (χ1n) is 11.0. The van der Waals surface area contributed by atoms with Gasteiger partial charge in [0.05, 0.1) is 6.04 Å². The molecule has 1 atom stereocenters. The minimum Gasteiger partial charge on any atom is -0.369 e. The number of rotatable bonds is 6. The Labute approximate surface area is 202 Å². The van der Waals surface area contributed by atoms with E-state index in [1.807, 2.05) is 12.1 Å². The van der Waals surface area contributed by atoms with Gasteiger partial charge in [-0.1, -0.05) is 23.7 Å². The standard InChI is InChI=1S/C25H25ClFN5O2/c26-19-4-1-5-21(15-19)30-25(34)24(33)29-17-23(18-3-2-10-28-16-18)32-13-11-31(12-14-32)22-8-6-20(27)7-9-22/h1-10,15-16,23H,11-14,17H2,(H,29,33)(H,30,34). The van der Waals surface area contributed by atoms with Crippen LogP contribution in [0.15, 0.2) is 73.1 Å². The van der Waals surface area contributed by atoms with Gasteiger partial charge in [-0.2, -0.15) is 0 Å². The molecular formula is C25H25ClFN5O2. The van der Waals surface area contributed by atoms with Crippen molar-refractivity contribution in [3.63, 3.8) is 0 Å². The van der Waals surface area contributed by atoms with E-state index in [1.165, 1.54) is 12.1 Å². The Morgan fingerprint density at radius 2 is 1.76 bits per heavy atom. The maximum Gasteiger partial charge on any atom is 0.313 e. The molecule has 0 bridgehead atoms. The summed E-state index contributed by atoms with van der Waals surface area (Å²) in [6.07, 6.45) is 3.47. The van der Waals surface area contributed by atoms with Gasteiger partial charge in [0.1, 0.15) is 5.82 Å². The highest BCUT2D eigenvalue weighted by molar-refractivity contribution is 6.39. The highest BCUT2D eigenvalue weighted by atomic mass is 35.5. The fraction of sp³-hybridized carbons (Fsp3) is 0.240. The van der Waals surface area contributed by atoms with Gasteiger partial charge in [0, 0.05) is 61.5 Å². The summed E-state index contributed by atoms with van der Waals surface area (Å²) in [6, 6.07) is 16.8. The van der Waals surface area contributed by atoms with Gasteiger partial charge >= 0.3 is 11.8 Å². The highest BCUT2D eigenvalue weighted by Crippen LogP contribution is 2.24. The highest BCUT2D eigenvalue weighted by Gasteiger charge is 2.27. The third-order valence-electron chi connectivity index (χ3n) is 5.76. The number of piperazine rings is 1. The predicted octanol–water partition coefficient (Wildman–Crippen LogP) is 3.49. The summed E-state index contributed by atoms with van der Waals surface area (Å²) in [5.74, 6) is -1.73. The van der Waals surface area contributed by atoms with E-state index in [0.29, 0.717) is 10.7 Å². The molecule has 4 rings (SSSR count). The zero-order chi connectivity index (χ0) is 23.9. The SMILES string of the molecule is O=C(NCC(c1cccnc1)N1CCN(c2ccc(F)cc2)CC1)C(=O)Nc1cccc(Cl)c1. The molecule has 2 amide bonds. The summed E-state index contributed by atoms with van der Waals surface area (Å²) >= 11 is 5.94. The second kappa shape index (κ2) is 11.1. The van der Waals surface area contributed by atoms with Crippen LogP contribution in [-0.2, 0) is 9.59 Å². The maximum absolute atomic E-state index is 13.3. The van der Waals surface area contributed by atoms with E-state index in [1.54, 1.807) is 48.8 Å². The van der Waals surface area contributed by atoms with Crippen molar-refractivity contribution in [3.8, 4) is 0 Å². The smallest absolute Gasteiger partial charge is 0.313 e. The quantitative estimate of drug-likeness (QED) is 0.527. The Balaban J connectivity index is 1.38. The lowest BCUT2D eigenvalue weighted by Crippen LogP contribution is -2.50. The topological polar surface area (TPSA) is 77.6 Å². The summed E-state index contributed by atoms with van der Waals surface area (Å²) in [7, 11) is 0. The molecule has 176 valence electrons. The molecule has 2 aromatic carbocycles. The lowest BCUT2D eigenvalue weighted by molar-refractivity contribution is -0.136. The number of hydrogen-bond acceptors (Lipinski definition) is 5. The van der Waals surface area contributed by atoms with E-state index >= 15 is 0 Å². The van der Waals surface area contributed by atoms with Crippen LogP contribution >= 0.6 is 11.6 Å². The number of halogens is 2. The van der Waals surface area contributed by atoms with Gasteiger partial charge < -0.3 is 15.5 Å². The van der Waals surface area contributed by atoms with Gasteiger partial charge in [-0.05, 0) is 54.1 Å².